The number of nitrogens with one attached hydrogen (secondary N) is 1. The molecule has 0 aliphatic carbocycles. The van der Waals surface area contributed by atoms with E-state index in [4.69, 9.17) is 9.47 Å². The van der Waals surface area contributed by atoms with Gasteiger partial charge in [0.2, 0.25) is 11.8 Å². The molecule has 1 heterocycles. The highest BCUT2D eigenvalue weighted by Crippen LogP contribution is 2.14. The molecule has 0 saturated carbocycles. The van der Waals surface area contributed by atoms with Gasteiger partial charge in [-0.05, 0) is 27.2 Å². The number of ether oxygens (including phenoxy) is 2. The molecule has 0 bridgehead atoms. The molecular formula is C17H27N3O5S. The summed E-state index contributed by atoms with van der Waals surface area (Å²) in [5, 5.41) is 5.02. The molecule has 0 saturated heterocycles. The summed E-state index contributed by atoms with van der Waals surface area (Å²) in [4.78, 5) is 41.6. The molecule has 8 nitrogen and oxygen atoms in total. The monoisotopic (exact) mass is 385 g/mol. The largest absolute Gasteiger partial charge is 0.466 e. The Kier molecular flexibility index (Phi) is 10.5. The van der Waals surface area contributed by atoms with Crippen LogP contribution in [-0.2, 0) is 23.9 Å². The van der Waals surface area contributed by atoms with Crippen molar-refractivity contribution < 1.29 is 23.9 Å². The second-order valence-electron chi connectivity index (χ2n) is 5.51. The van der Waals surface area contributed by atoms with Gasteiger partial charge < -0.3 is 19.7 Å². The highest BCUT2D eigenvalue weighted by molar-refractivity contribution is 7.13. The quantitative estimate of drug-likeness (QED) is 0.436. The molecule has 1 N–H and O–H groups in total. The second-order valence-corrected chi connectivity index (χ2v) is 6.37. The van der Waals surface area contributed by atoms with E-state index in [1.54, 1.807) is 6.92 Å². The third-order valence-corrected chi connectivity index (χ3v) is 4.20. The van der Waals surface area contributed by atoms with Gasteiger partial charge in [0, 0.05) is 31.6 Å². The van der Waals surface area contributed by atoms with Crippen LogP contribution in [0.15, 0.2) is 5.38 Å². The van der Waals surface area contributed by atoms with Crippen molar-refractivity contribution in [3.8, 4) is 0 Å². The summed E-state index contributed by atoms with van der Waals surface area (Å²) >= 11 is 1.33. The van der Waals surface area contributed by atoms with E-state index in [0.717, 1.165) is 5.69 Å². The van der Waals surface area contributed by atoms with E-state index in [-0.39, 0.29) is 37.8 Å². The number of carbonyl (C=O) groups excluding carboxylic acids is 3. The number of amides is 2. The molecule has 0 radical (unpaired) electrons. The number of carbonyl (C=O) groups is 3. The van der Waals surface area contributed by atoms with Crippen molar-refractivity contribution >= 4 is 34.3 Å². The molecule has 1 rings (SSSR count). The predicted octanol–water partition coefficient (Wildman–Crippen LogP) is 1.99. The van der Waals surface area contributed by atoms with E-state index >= 15 is 0 Å². The molecule has 0 aromatic carbocycles. The zero-order chi connectivity index (χ0) is 19.4. The van der Waals surface area contributed by atoms with Crippen LogP contribution in [0.4, 0.5) is 5.13 Å². The van der Waals surface area contributed by atoms with Crippen LogP contribution in [0.3, 0.4) is 0 Å². The summed E-state index contributed by atoms with van der Waals surface area (Å²) in [6.45, 7) is 7.12. The predicted molar refractivity (Wildman–Crippen MR) is 99.0 cm³/mol. The van der Waals surface area contributed by atoms with Crippen LogP contribution in [0.1, 0.15) is 38.8 Å². The highest BCUT2D eigenvalue weighted by Gasteiger charge is 2.19. The zero-order valence-electron chi connectivity index (χ0n) is 15.6. The SMILES string of the molecule is CCOCCCN(CC(=O)Nc1nc(C)cs1)C(=O)CCC(=O)OCC. The van der Waals surface area contributed by atoms with Gasteiger partial charge in [0.1, 0.15) is 0 Å². The first kappa shape index (κ1) is 22.0. The Morgan fingerprint density at radius 1 is 1.23 bits per heavy atom. The Morgan fingerprint density at radius 2 is 2.00 bits per heavy atom. The van der Waals surface area contributed by atoms with E-state index in [1.807, 2.05) is 19.2 Å². The summed E-state index contributed by atoms with van der Waals surface area (Å²) in [5.74, 6) is -1.00. The minimum absolute atomic E-state index is 0.00191. The van der Waals surface area contributed by atoms with Gasteiger partial charge in [-0.15, -0.1) is 11.3 Å². The van der Waals surface area contributed by atoms with Crippen molar-refractivity contribution in [1.29, 1.82) is 0 Å². The maximum absolute atomic E-state index is 12.4. The molecule has 0 aliphatic heterocycles. The van der Waals surface area contributed by atoms with Gasteiger partial charge in [0.25, 0.3) is 0 Å². The number of esters is 1. The fraction of sp³-hybridized carbons (Fsp3) is 0.647. The maximum atomic E-state index is 12.4. The highest BCUT2D eigenvalue weighted by atomic mass is 32.1. The Bertz CT molecular complexity index is 591. The summed E-state index contributed by atoms with van der Waals surface area (Å²) in [5.41, 5.74) is 0.824. The summed E-state index contributed by atoms with van der Waals surface area (Å²) in [7, 11) is 0. The molecule has 26 heavy (non-hydrogen) atoms. The van der Waals surface area contributed by atoms with Crippen molar-refractivity contribution in [3.63, 3.8) is 0 Å². The van der Waals surface area contributed by atoms with Crippen LogP contribution in [0, 0.1) is 6.92 Å². The van der Waals surface area contributed by atoms with Crippen molar-refractivity contribution in [1.82, 2.24) is 9.88 Å². The molecule has 1 aromatic heterocycles. The van der Waals surface area contributed by atoms with Crippen LogP contribution in [-0.4, -0.2) is 60.6 Å². The summed E-state index contributed by atoms with van der Waals surface area (Å²) in [6.07, 6.45) is 0.627. The van der Waals surface area contributed by atoms with E-state index in [0.29, 0.717) is 31.3 Å². The lowest BCUT2D eigenvalue weighted by atomic mass is 10.2. The number of anilines is 1. The Labute approximate surface area is 157 Å². The van der Waals surface area contributed by atoms with Crippen LogP contribution in [0.2, 0.25) is 0 Å². The number of nitrogens with zero attached hydrogens (tertiary/aromatic N) is 2. The van der Waals surface area contributed by atoms with Gasteiger partial charge in [0.15, 0.2) is 5.13 Å². The third-order valence-electron chi connectivity index (χ3n) is 3.32. The molecule has 9 heteroatoms. The van der Waals surface area contributed by atoms with E-state index in [2.05, 4.69) is 10.3 Å². The molecule has 0 spiro atoms. The van der Waals surface area contributed by atoms with E-state index < -0.39 is 5.97 Å². The molecule has 0 atom stereocenters. The lowest BCUT2D eigenvalue weighted by Gasteiger charge is -2.22. The van der Waals surface area contributed by atoms with E-state index in [1.165, 1.54) is 16.2 Å². The third kappa shape index (κ3) is 8.91. The van der Waals surface area contributed by atoms with Gasteiger partial charge in [-0.3, -0.25) is 14.4 Å². The average molecular weight is 385 g/mol. The minimum Gasteiger partial charge on any atom is -0.466 e. The Morgan fingerprint density at radius 3 is 2.62 bits per heavy atom. The van der Waals surface area contributed by atoms with Gasteiger partial charge in [-0.2, -0.15) is 0 Å². The molecule has 146 valence electrons. The number of aromatic nitrogens is 1. The average Bonchev–Trinajstić information content (AvgIpc) is 3.00. The van der Waals surface area contributed by atoms with Gasteiger partial charge >= 0.3 is 5.97 Å². The van der Waals surface area contributed by atoms with Gasteiger partial charge in [0.05, 0.1) is 25.3 Å². The lowest BCUT2D eigenvalue weighted by Crippen LogP contribution is -2.39. The minimum atomic E-state index is -0.419. The molecule has 2 amide bonds. The van der Waals surface area contributed by atoms with Crippen molar-refractivity contribution in [3.05, 3.63) is 11.1 Å². The first-order chi connectivity index (χ1) is 12.5. The molecule has 0 unspecified atom stereocenters. The molecule has 0 aliphatic rings. The van der Waals surface area contributed by atoms with Gasteiger partial charge in [-0.25, -0.2) is 4.98 Å². The molecule has 1 aromatic rings. The van der Waals surface area contributed by atoms with Crippen LogP contribution >= 0.6 is 11.3 Å². The van der Waals surface area contributed by atoms with Crippen LogP contribution in [0.25, 0.3) is 0 Å². The number of rotatable bonds is 12. The van der Waals surface area contributed by atoms with Crippen LogP contribution < -0.4 is 5.32 Å². The zero-order valence-corrected chi connectivity index (χ0v) is 16.4. The number of hydrogen-bond acceptors (Lipinski definition) is 7. The smallest absolute Gasteiger partial charge is 0.306 e. The Hall–Kier alpha value is -2.00. The van der Waals surface area contributed by atoms with Crippen LogP contribution in [0.5, 0.6) is 0 Å². The molecular weight excluding hydrogens is 358 g/mol. The molecule has 0 fully saturated rings. The lowest BCUT2D eigenvalue weighted by molar-refractivity contribution is -0.145. The fourth-order valence-corrected chi connectivity index (χ4v) is 2.84. The summed E-state index contributed by atoms with van der Waals surface area (Å²) in [6, 6.07) is 0. The fourth-order valence-electron chi connectivity index (χ4n) is 2.14. The summed E-state index contributed by atoms with van der Waals surface area (Å²) < 4.78 is 10.1. The normalized spacial score (nSPS) is 10.4. The first-order valence-electron chi connectivity index (χ1n) is 8.69. The standard InChI is InChI=1S/C17H27N3O5S/c1-4-24-10-6-9-20(15(22)7-8-16(23)25-5-2)11-14(21)19-17-18-13(3)12-26-17/h12H,4-11H2,1-3H3,(H,18,19,21). The van der Waals surface area contributed by atoms with Crippen molar-refractivity contribution in [2.45, 2.75) is 40.0 Å². The number of hydrogen-bond donors (Lipinski definition) is 1. The topological polar surface area (TPSA) is 97.8 Å². The van der Waals surface area contributed by atoms with E-state index in [9.17, 15) is 14.4 Å². The van der Waals surface area contributed by atoms with Crippen molar-refractivity contribution in [2.75, 3.05) is 38.2 Å². The Balaban J connectivity index is 2.56. The second kappa shape index (κ2) is 12.4. The van der Waals surface area contributed by atoms with Crippen molar-refractivity contribution in [2.24, 2.45) is 0 Å². The maximum Gasteiger partial charge on any atom is 0.306 e. The number of thiazole rings is 1. The first-order valence-corrected chi connectivity index (χ1v) is 9.57. The number of aryl methyl sites for hydroxylation is 1. The van der Waals surface area contributed by atoms with Gasteiger partial charge in [-0.1, -0.05) is 0 Å².